The third-order valence-corrected chi connectivity index (χ3v) is 4.98. The highest BCUT2D eigenvalue weighted by molar-refractivity contribution is 5.91. The van der Waals surface area contributed by atoms with Crippen molar-refractivity contribution >= 4 is 12.0 Å². The first-order valence-electron chi connectivity index (χ1n) is 10.9. The van der Waals surface area contributed by atoms with Gasteiger partial charge in [-0.3, -0.25) is 4.79 Å². The van der Waals surface area contributed by atoms with Crippen molar-refractivity contribution in [3.8, 4) is 5.75 Å². The van der Waals surface area contributed by atoms with E-state index >= 15 is 0 Å². The van der Waals surface area contributed by atoms with Crippen LogP contribution in [-0.4, -0.2) is 12.5 Å². The molecule has 0 spiro atoms. The highest BCUT2D eigenvalue weighted by Gasteiger charge is 2.01. The van der Waals surface area contributed by atoms with E-state index in [-0.39, 0.29) is 5.91 Å². The third-order valence-electron chi connectivity index (χ3n) is 4.98. The maximum atomic E-state index is 12.0. The first kappa shape index (κ1) is 22.7. The van der Waals surface area contributed by atoms with Gasteiger partial charge in [0.05, 0.1) is 0 Å². The van der Waals surface area contributed by atoms with Gasteiger partial charge in [0.2, 0.25) is 5.91 Å². The number of amides is 1. The third kappa shape index (κ3) is 9.47. The molecule has 0 atom stereocenters. The maximum absolute atomic E-state index is 12.0. The predicted octanol–water partition coefficient (Wildman–Crippen LogP) is 6.45. The van der Waals surface area contributed by atoms with E-state index in [0.29, 0.717) is 6.61 Å². The summed E-state index contributed by atoms with van der Waals surface area (Å²) in [5.41, 5.74) is 3.27. The van der Waals surface area contributed by atoms with Crippen LogP contribution in [0.3, 0.4) is 0 Å². The van der Waals surface area contributed by atoms with Gasteiger partial charge in [0.15, 0.2) is 0 Å². The molecule has 0 heterocycles. The molecule has 0 fully saturated rings. The van der Waals surface area contributed by atoms with Crippen LogP contribution < -0.4 is 10.1 Å². The molecule has 0 bridgehead atoms. The number of unbranched alkanes of at least 4 members (excludes halogenated alkanes) is 6. The van der Waals surface area contributed by atoms with E-state index in [1.807, 2.05) is 49.4 Å². The average Bonchev–Trinajstić information content (AvgIpc) is 2.74. The zero-order valence-electron chi connectivity index (χ0n) is 18.0. The lowest BCUT2D eigenvalue weighted by Gasteiger charge is -2.09. The minimum absolute atomic E-state index is 0.0280. The molecular formula is C26H35NO2. The van der Waals surface area contributed by atoms with Crippen molar-refractivity contribution in [1.82, 2.24) is 5.32 Å². The summed E-state index contributed by atoms with van der Waals surface area (Å²) in [5.74, 6) is 0.812. The minimum Gasteiger partial charge on any atom is -0.489 e. The molecule has 0 unspecified atom stereocenters. The topological polar surface area (TPSA) is 38.3 Å². The van der Waals surface area contributed by atoms with Gasteiger partial charge >= 0.3 is 0 Å². The Morgan fingerprint density at radius 3 is 2.41 bits per heavy atom. The zero-order valence-corrected chi connectivity index (χ0v) is 18.0. The Morgan fingerprint density at radius 2 is 1.69 bits per heavy atom. The van der Waals surface area contributed by atoms with E-state index in [4.69, 9.17) is 4.74 Å². The summed E-state index contributed by atoms with van der Waals surface area (Å²) < 4.78 is 5.86. The summed E-state index contributed by atoms with van der Waals surface area (Å²) in [7, 11) is 0. The molecule has 0 saturated carbocycles. The molecule has 3 nitrogen and oxygen atoms in total. The smallest absolute Gasteiger partial charge is 0.243 e. The number of carbonyl (C=O) groups excluding carboxylic acids is 1. The Bertz CT molecular complexity index is 753. The number of hydrogen-bond acceptors (Lipinski definition) is 2. The lowest BCUT2D eigenvalue weighted by molar-refractivity contribution is -0.116. The molecule has 0 aliphatic carbocycles. The van der Waals surface area contributed by atoms with Gasteiger partial charge in [0, 0.05) is 12.6 Å². The zero-order chi connectivity index (χ0) is 20.7. The molecule has 3 heteroatoms. The first-order chi connectivity index (χ1) is 14.2. The predicted molar refractivity (Wildman–Crippen MR) is 122 cm³/mol. The monoisotopic (exact) mass is 393 g/mol. The second-order valence-corrected chi connectivity index (χ2v) is 7.54. The van der Waals surface area contributed by atoms with Crippen LogP contribution in [0.5, 0.6) is 5.75 Å². The van der Waals surface area contributed by atoms with Crippen LogP contribution >= 0.6 is 0 Å². The molecule has 2 aromatic rings. The number of ether oxygens (including phenoxy) is 1. The number of aryl methyl sites for hydroxylation is 1. The van der Waals surface area contributed by atoms with E-state index in [0.717, 1.165) is 35.4 Å². The Hall–Kier alpha value is -2.55. The average molecular weight is 394 g/mol. The Morgan fingerprint density at radius 1 is 0.966 bits per heavy atom. The standard InChI is InChI=1S/C26H35NO2/c1-3-4-5-6-7-8-12-19-27-26(28)18-16-24-15-17-25(20-22(24)2)29-21-23-13-10-9-11-14-23/h9-11,13-18,20H,3-8,12,19,21H2,1-2H3,(H,27,28). The van der Waals surface area contributed by atoms with Crippen molar-refractivity contribution in [3.05, 3.63) is 71.3 Å². The molecule has 29 heavy (non-hydrogen) atoms. The molecule has 0 aromatic heterocycles. The SMILES string of the molecule is CCCCCCCCCNC(=O)C=Cc1ccc(OCc2ccccc2)cc1C. The fourth-order valence-corrected chi connectivity index (χ4v) is 3.18. The molecule has 0 radical (unpaired) electrons. The molecule has 2 aromatic carbocycles. The normalized spacial score (nSPS) is 11.0. The second kappa shape index (κ2) is 13.6. The summed E-state index contributed by atoms with van der Waals surface area (Å²) in [6.07, 6.45) is 12.3. The number of carbonyl (C=O) groups is 1. The number of nitrogens with one attached hydrogen (secondary N) is 1. The van der Waals surface area contributed by atoms with E-state index in [9.17, 15) is 4.79 Å². The van der Waals surface area contributed by atoms with Gasteiger partial charge in [-0.2, -0.15) is 0 Å². The summed E-state index contributed by atoms with van der Waals surface area (Å²) in [6.45, 7) is 5.57. The second-order valence-electron chi connectivity index (χ2n) is 7.54. The van der Waals surface area contributed by atoms with Gasteiger partial charge in [-0.15, -0.1) is 0 Å². The van der Waals surface area contributed by atoms with Gasteiger partial charge in [-0.25, -0.2) is 0 Å². The van der Waals surface area contributed by atoms with Crippen LogP contribution in [0.4, 0.5) is 0 Å². The van der Waals surface area contributed by atoms with Crippen molar-refractivity contribution in [2.75, 3.05) is 6.54 Å². The number of benzene rings is 2. The van der Waals surface area contributed by atoms with Crippen molar-refractivity contribution in [2.45, 2.75) is 65.4 Å². The Labute approximate surface area is 176 Å². The lowest BCUT2D eigenvalue weighted by atomic mass is 10.1. The van der Waals surface area contributed by atoms with Crippen LogP contribution in [0, 0.1) is 6.92 Å². The fourth-order valence-electron chi connectivity index (χ4n) is 3.18. The van der Waals surface area contributed by atoms with Gasteiger partial charge in [0.25, 0.3) is 0 Å². The molecule has 1 amide bonds. The van der Waals surface area contributed by atoms with Crippen LogP contribution in [-0.2, 0) is 11.4 Å². The molecule has 2 rings (SSSR count). The largest absolute Gasteiger partial charge is 0.489 e. The van der Waals surface area contributed by atoms with E-state index in [2.05, 4.69) is 24.4 Å². The minimum atomic E-state index is -0.0280. The van der Waals surface area contributed by atoms with E-state index in [1.54, 1.807) is 6.08 Å². The van der Waals surface area contributed by atoms with Crippen molar-refractivity contribution in [3.63, 3.8) is 0 Å². The highest BCUT2D eigenvalue weighted by atomic mass is 16.5. The van der Waals surface area contributed by atoms with Crippen molar-refractivity contribution in [2.24, 2.45) is 0 Å². The molecule has 0 aliphatic heterocycles. The summed E-state index contributed by atoms with van der Waals surface area (Å²) in [4.78, 5) is 12.0. The Kier molecular flexibility index (Phi) is 10.7. The van der Waals surface area contributed by atoms with Gasteiger partial charge in [-0.05, 0) is 48.2 Å². The molecule has 0 aliphatic rings. The fraction of sp³-hybridized carbons (Fsp3) is 0.423. The molecule has 156 valence electrons. The Balaban J connectivity index is 1.69. The van der Waals surface area contributed by atoms with E-state index in [1.165, 1.54) is 38.5 Å². The number of rotatable bonds is 13. The molecule has 0 saturated heterocycles. The van der Waals surface area contributed by atoms with Crippen LogP contribution in [0.2, 0.25) is 0 Å². The van der Waals surface area contributed by atoms with E-state index < -0.39 is 0 Å². The molecular weight excluding hydrogens is 358 g/mol. The maximum Gasteiger partial charge on any atom is 0.243 e. The first-order valence-corrected chi connectivity index (χ1v) is 10.9. The summed E-state index contributed by atoms with van der Waals surface area (Å²) in [6, 6.07) is 16.1. The summed E-state index contributed by atoms with van der Waals surface area (Å²) >= 11 is 0. The highest BCUT2D eigenvalue weighted by Crippen LogP contribution is 2.19. The van der Waals surface area contributed by atoms with Crippen LogP contribution in [0.15, 0.2) is 54.6 Å². The van der Waals surface area contributed by atoms with Crippen molar-refractivity contribution < 1.29 is 9.53 Å². The quantitative estimate of drug-likeness (QED) is 0.313. The summed E-state index contributed by atoms with van der Waals surface area (Å²) in [5, 5.41) is 2.97. The van der Waals surface area contributed by atoms with Gasteiger partial charge in [-0.1, -0.05) is 81.8 Å². The van der Waals surface area contributed by atoms with Crippen molar-refractivity contribution in [1.29, 1.82) is 0 Å². The van der Waals surface area contributed by atoms with Crippen LogP contribution in [0.25, 0.3) is 6.08 Å². The molecule has 1 N–H and O–H groups in total. The lowest BCUT2D eigenvalue weighted by Crippen LogP contribution is -2.21. The van der Waals surface area contributed by atoms with Crippen LogP contribution in [0.1, 0.15) is 68.6 Å². The van der Waals surface area contributed by atoms with Gasteiger partial charge < -0.3 is 10.1 Å². The van der Waals surface area contributed by atoms with Gasteiger partial charge in [0.1, 0.15) is 12.4 Å². The number of hydrogen-bond donors (Lipinski definition) is 1.